The van der Waals surface area contributed by atoms with Gasteiger partial charge in [-0.3, -0.25) is 14.4 Å². The highest BCUT2D eigenvalue weighted by Crippen LogP contribution is 2.38. The van der Waals surface area contributed by atoms with Crippen molar-refractivity contribution in [3.63, 3.8) is 0 Å². The number of aryl methyl sites for hydroxylation is 1. The summed E-state index contributed by atoms with van der Waals surface area (Å²) in [6, 6.07) is 6.26. The van der Waals surface area contributed by atoms with Gasteiger partial charge >= 0.3 is 0 Å². The summed E-state index contributed by atoms with van der Waals surface area (Å²) in [5.74, 6) is 0.0948. The first-order valence-electron chi connectivity index (χ1n) is 7.92. The summed E-state index contributed by atoms with van der Waals surface area (Å²) in [5, 5.41) is 11.0. The van der Waals surface area contributed by atoms with Crippen molar-refractivity contribution in [2.75, 3.05) is 6.54 Å². The van der Waals surface area contributed by atoms with E-state index >= 15 is 0 Å². The van der Waals surface area contributed by atoms with Crippen LogP contribution in [0.15, 0.2) is 33.9 Å². The van der Waals surface area contributed by atoms with Gasteiger partial charge in [-0.15, -0.1) is 0 Å². The molecule has 2 aromatic rings. The molecule has 1 fully saturated rings. The molecule has 2 aromatic heterocycles. The van der Waals surface area contributed by atoms with Gasteiger partial charge in [-0.1, -0.05) is 0 Å². The Balaban J connectivity index is 1.56. The van der Waals surface area contributed by atoms with Crippen molar-refractivity contribution in [1.82, 2.24) is 24.9 Å². The third-order valence-electron chi connectivity index (χ3n) is 3.82. The third-order valence-corrected chi connectivity index (χ3v) is 3.82. The Morgan fingerprint density at radius 1 is 1.12 bits per heavy atom. The number of amides is 1. The zero-order valence-electron chi connectivity index (χ0n) is 13.4. The lowest BCUT2D eigenvalue weighted by Crippen LogP contribution is -2.36. The van der Waals surface area contributed by atoms with E-state index in [1.807, 2.05) is 0 Å². The number of rotatable bonds is 6. The molecule has 0 unspecified atom stereocenters. The molecule has 1 N–H and O–H groups in total. The highest BCUT2D eigenvalue weighted by molar-refractivity contribution is 5.75. The topological polar surface area (TPSA) is 98.9 Å². The van der Waals surface area contributed by atoms with Crippen LogP contribution in [0.5, 0.6) is 0 Å². The van der Waals surface area contributed by atoms with E-state index in [2.05, 4.69) is 15.5 Å². The Labute approximate surface area is 138 Å². The molecular weight excluding hydrogens is 310 g/mol. The van der Waals surface area contributed by atoms with Crippen LogP contribution in [0.1, 0.15) is 30.1 Å². The number of hydrogen-bond donors (Lipinski definition) is 1. The molecule has 1 aliphatic carbocycles. The minimum atomic E-state index is -0.321. The average Bonchev–Trinajstić information content (AvgIpc) is 3.38. The SMILES string of the molecule is Cc1ccc(=O)n(CCNC(=O)Cn2nc(C3CC3)ccc2=O)n1. The first-order valence-corrected chi connectivity index (χ1v) is 7.92. The Hall–Kier alpha value is -2.77. The second kappa shape index (κ2) is 6.77. The Bertz CT molecular complexity index is 867. The molecule has 0 aromatic carbocycles. The largest absolute Gasteiger partial charge is 0.353 e. The van der Waals surface area contributed by atoms with Gasteiger partial charge in [0.15, 0.2) is 0 Å². The highest BCUT2D eigenvalue weighted by Gasteiger charge is 2.25. The van der Waals surface area contributed by atoms with Gasteiger partial charge in [0.1, 0.15) is 6.54 Å². The zero-order chi connectivity index (χ0) is 17.1. The van der Waals surface area contributed by atoms with Crippen molar-refractivity contribution in [3.8, 4) is 0 Å². The first kappa shape index (κ1) is 16.1. The Morgan fingerprint density at radius 2 is 1.83 bits per heavy atom. The van der Waals surface area contributed by atoms with Crippen molar-refractivity contribution < 1.29 is 4.79 Å². The van der Waals surface area contributed by atoms with Crippen LogP contribution in [-0.4, -0.2) is 32.0 Å². The van der Waals surface area contributed by atoms with Crippen molar-refractivity contribution in [1.29, 1.82) is 0 Å². The van der Waals surface area contributed by atoms with Gasteiger partial charge in [0.25, 0.3) is 11.1 Å². The molecule has 8 heteroatoms. The number of nitrogens with one attached hydrogen (secondary N) is 1. The highest BCUT2D eigenvalue weighted by atomic mass is 16.2. The minimum absolute atomic E-state index is 0.129. The second-order valence-electron chi connectivity index (χ2n) is 5.91. The monoisotopic (exact) mass is 329 g/mol. The summed E-state index contributed by atoms with van der Waals surface area (Å²) in [6.07, 6.45) is 2.16. The smallest absolute Gasteiger partial charge is 0.267 e. The zero-order valence-corrected chi connectivity index (χ0v) is 13.4. The number of hydrogen-bond acceptors (Lipinski definition) is 5. The average molecular weight is 329 g/mol. The number of aromatic nitrogens is 4. The van der Waals surface area contributed by atoms with Crippen LogP contribution in [0.3, 0.4) is 0 Å². The van der Waals surface area contributed by atoms with Gasteiger partial charge in [0.2, 0.25) is 5.91 Å². The Morgan fingerprint density at radius 3 is 2.58 bits per heavy atom. The van der Waals surface area contributed by atoms with Crippen molar-refractivity contribution in [2.45, 2.75) is 38.8 Å². The first-order chi connectivity index (χ1) is 11.5. The second-order valence-corrected chi connectivity index (χ2v) is 5.91. The van der Waals surface area contributed by atoms with E-state index in [-0.39, 0.29) is 36.7 Å². The van der Waals surface area contributed by atoms with Gasteiger partial charge in [0.05, 0.1) is 17.9 Å². The maximum Gasteiger partial charge on any atom is 0.267 e. The van der Waals surface area contributed by atoms with Crippen molar-refractivity contribution >= 4 is 5.91 Å². The van der Waals surface area contributed by atoms with Gasteiger partial charge in [-0.05, 0) is 31.9 Å². The van der Waals surface area contributed by atoms with Gasteiger partial charge in [0, 0.05) is 24.6 Å². The fourth-order valence-electron chi connectivity index (χ4n) is 2.38. The summed E-state index contributed by atoms with van der Waals surface area (Å²) in [5.41, 5.74) is 1.07. The fraction of sp³-hybridized carbons (Fsp3) is 0.438. The molecule has 8 nitrogen and oxygen atoms in total. The molecule has 1 saturated carbocycles. The van der Waals surface area contributed by atoms with E-state index in [0.29, 0.717) is 5.92 Å². The van der Waals surface area contributed by atoms with Crippen LogP contribution in [0, 0.1) is 6.92 Å². The molecule has 0 atom stereocenters. The summed E-state index contributed by atoms with van der Waals surface area (Å²) in [7, 11) is 0. The van der Waals surface area contributed by atoms with Gasteiger partial charge in [-0.2, -0.15) is 10.2 Å². The van der Waals surface area contributed by atoms with Crippen molar-refractivity contribution in [3.05, 3.63) is 56.4 Å². The molecule has 1 aliphatic rings. The van der Waals surface area contributed by atoms with Gasteiger partial charge < -0.3 is 5.32 Å². The molecule has 0 spiro atoms. The number of carbonyl (C=O) groups is 1. The summed E-state index contributed by atoms with van der Waals surface area (Å²) >= 11 is 0. The molecule has 1 amide bonds. The quantitative estimate of drug-likeness (QED) is 0.791. The van der Waals surface area contributed by atoms with E-state index in [4.69, 9.17) is 0 Å². The third kappa shape index (κ3) is 3.95. The predicted octanol–water partition coefficient (Wildman–Crippen LogP) is -0.198. The van der Waals surface area contributed by atoms with Crippen molar-refractivity contribution in [2.24, 2.45) is 0 Å². The van der Waals surface area contributed by atoms with E-state index in [1.54, 1.807) is 19.1 Å². The molecule has 0 radical (unpaired) electrons. The Kier molecular flexibility index (Phi) is 4.54. The lowest BCUT2D eigenvalue weighted by atomic mass is 10.3. The fourth-order valence-corrected chi connectivity index (χ4v) is 2.38. The van der Waals surface area contributed by atoms with Crippen LogP contribution >= 0.6 is 0 Å². The maximum absolute atomic E-state index is 12.0. The lowest BCUT2D eigenvalue weighted by molar-refractivity contribution is -0.121. The summed E-state index contributed by atoms with van der Waals surface area (Å²) < 4.78 is 2.48. The summed E-state index contributed by atoms with van der Waals surface area (Å²) in [6.45, 7) is 2.19. The normalized spacial score (nSPS) is 13.7. The lowest BCUT2D eigenvalue weighted by Gasteiger charge is -2.09. The molecule has 3 rings (SSSR count). The minimum Gasteiger partial charge on any atom is -0.353 e. The number of nitrogens with zero attached hydrogens (tertiary/aromatic N) is 4. The van der Waals surface area contributed by atoms with E-state index < -0.39 is 0 Å². The van der Waals surface area contributed by atoms with Crippen LogP contribution < -0.4 is 16.4 Å². The van der Waals surface area contributed by atoms with E-state index in [0.717, 1.165) is 24.2 Å². The predicted molar refractivity (Wildman–Crippen MR) is 86.7 cm³/mol. The molecule has 2 heterocycles. The van der Waals surface area contributed by atoms with Crippen LogP contribution in [0.4, 0.5) is 0 Å². The molecule has 0 saturated heterocycles. The molecule has 126 valence electrons. The van der Waals surface area contributed by atoms with Crippen LogP contribution in [-0.2, 0) is 17.9 Å². The maximum atomic E-state index is 12.0. The molecule has 0 aliphatic heterocycles. The molecular formula is C16H19N5O3. The van der Waals surface area contributed by atoms with E-state index in [1.165, 1.54) is 21.5 Å². The van der Waals surface area contributed by atoms with Gasteiger partial charge in [-0.25, -0.2) is 9.36 Å². The van der Waals surface area contributed by atoms with Crippen LogP contribution in [0.2, 0.25) is 0 Å². The number of carbonyl (C=O) groups excluding carboxylic acids is 1. The standard InChI is InChI=1S/C16H19N5O3/c1-11-2-6-15(23)20(18-11)9-8-17-14(22)10-21-16(24)7-5-13(19-21)12-3-4-12/h2,5-7,12H,3-4,8-10H2,1H3,(H,17,22). The molecule has 0 bridgehead atoms. The van der Waals surface area contributed by atoms with E-state index in [9.17, 15) is 14.4 Å². The van der Waals surface area contributed by atoms with Crippen LogP contribution in [0.25, 0.3) is 0 Å². The molecule has 24 heavy (non-hydrogen) atoms. The summed E-state index contributed by atoms with van der Waals surface area (Å²) in [4.78, 5) is 35.4.